The van der Waals surface area contributed by atoms with Crippen molar-refractivity contribution in [3.8, 4) is 5.75 Å². The van der Waals surface area contributed by atoms with Crippen molar-refractivity contribution in [1.29, 1.82) is 0 Å². The molecule has 0 saturated carbocycles. The molecule has 84 valence electrons. The molecule has 6 nitrogen and oxygen atoms in total. The average Bonchev–Trinajstić information content (AvgIpc) is 2.21. The third-order valence-corrected chi connectivity index (χ3v) is 1.78. The van der Waals surface area contributed by atoms with Gasteiger partial charge in [0.05, 0.1) is 19.4 Å². The molecule has 0 aliphatic carbocycles. The van der Waals surface area contributed by atoms with E-state index >= 15 is 0 Å². The Morgan fingerprint density at radius 1 is 1.33 bits per heavy atom. The molecule has 0 spiro atoms. The first kappa shape index (κ1) is 13.6. The van der Waals surface area contributed by atoms with Crippen LogP contribution in [0.2, 0.25) is 0 Å². The lowest BCUT2D eigenvalue weighted by molar-refractivity contribution is 0.254. The standard InChI is InChI=1S/C8H10N2O4.ClH/c11-3-5-1-9-7(2-10-14)8(13)6(5)4-12;/h1-2,11-14H,3-4H2;1H. The summed E-state index contributed by atoms with van der Waals surface area (Å²) in [7, 11) is 0. The molecular weight excluding hydrogens is 224 g/mol. The van der Waals surface area contributed by atoms with E-state index in [4.69, 9.17) is 15.4 Å². The third-order valence-electron chi connectivity index (χ3n) is 1.78. The maximum absolute atomic E-state index is 9.50. The summed E-state index contributed by atoms with van der Waals surface area (Å²) in [5, 5.41) is 38.2. The summed E-state index contributed by atoms with van der Waals surface area (Å²) >= 11 is 0. The molecule has 0 radical (unpaired) electrons. The zero-order valence-electron chi connectivity index (χ0n) is 7.66. The molecule has 15 heavy (non-hydrogen) atoms. The molecule has 0 atom stereocenters. The van der Waals surface area contributed by atoms with E-state index in [1.54, 1.807) is 0 Å². The van der Waals surface area contributed by atoms with E-state index in [-0.39, 0.29) is 36.0 Å². The third kappa shape index (κ3) is 2.79. The second-order valence-electron chi connectivity index (χ2n) is 2.56. The van der Waals surface area contributed by atoms with Crippen LogP contribution < -0.4 is 0 Å². The zero-order valence-corrected chi connectivity index (χ0v) is 8.48. The minimum atomic E-state index is -0.420. The van der Waals surface area contributed by atoms with Gasteiger partial charge in [-0.15, -0.1) is 12.4 Å². The molecule has 0 aromatic carbocycles. The minimum absolute atomic E-state index is 0. The van der Waals surface area contributed by atoms with Gasteiger partial charge in [-0.05, 0) is 0 Å². The first-order valence-corrected chi connectivity index (χ1v) is 3.83. The van der Waals surface area contributed by atoms with Crippen molar-refractivity contribution in [2.75, 3.05) is 0 Å². The molecular formula is C8H11ClN2O4. The normalized spacial score (nSPS) is 10.3. The van der Waals surface area contributed by atoms with Gasteiger partial charge in [0.1, 0.15) is 11.4 Å². The van der Waals surface area contributed by atoms with Crippen molar-refractivity contribution >= 4 is 18.6 Å². The number of pyridine rings is 1. The minimum Gasteiger partial charge on any atom is -0.505 e. The first-order chi connectivity index (χ1) is 6.74. The van der Waals surface area contributed by atoms with Gasteiger partial charge in [0, 0.05) is 17.3 Å². The Hall–Kier alpha value is -1.37. The van der Waals surface area contributed by atoms with E-state index in [1.807, 2.05) is 0 Å². The van der Waals surface area contributed by atoms with Crippen LogP contribution in [-0.4, -0.2) is 31.7 Å². The molecule has 0 unspecified atom stereocenters. The summed E-state index contributed by atoms with van der Waals surface area (Å²) in [5.74, 6) is -0.295. The van der Waals surface area contributed by atoms with Crippen molar-refractivity contribution in [3.63, 3.8) is 0 Å². The van der Waals surface area contributed by atoms with Crippen molar-refractivity contribution in [1.82, 2.24) is 4.98 Å². The maximum Gasteiger partial charge on any atom is 0.148 e. The molecule has 0 fully saturated rings. The summed E-state index contributed by atoms with van der Waals surface area (Å²) in [6, 6.07) is 0. The summed E-state index contributed by atoms with van der Waals surface area (Å²) in [6.45, 7) is -0.747. The first-order valence-electron chi connectivity index (χ1n) is 3.83. The van der Waals surface area contributed by atoms with Gasteiger partial charge in [-0.3, -0.25) is 4.98 Å². The molecule has 1 heterocycles. The summed E-state index contributed by atoms with van der Waals surface area (Å²) in [6.07, 6.45) is 2.23. The van der Waals surface area contributed by atoms with Crippen molar-refractivity contribution in [3.05, 3.63) is 23.0 Å². The maximum atomic E-state index is 9.50. The Morgan fingerprint density at radius 3 is 2.47 bits per heavy atom. The fourth-order valence-electron chi connectivity index (χ4n) is 1.06. The van der Waals surface area contributed by atoms with E-state index in [9.17, 15) is 5.11 Å². The highest BCUT2D eigenvalue weighted by Crippen LogP contribution is 2.23. The number of aromatic nitrogens is 1. The predicted molar refractivity (Wildman–Crippen MR) is 54.4 cm³/mol. The number of hydrogen-bond acceptors (Lipinski definition) is 6. The summed E-state index contributed by atoms with van der Waals surface area (Å²) < 4.78 is 0. The highest BCUT2D eigenvalue weighted by atomic mass is 35.5. The predicted octanol–water partition coefficient (Wildman–Crippen LogP) is 0.00170. The zero-order chi connectivity index (χ0) is 10.6. The van der Waals surface area contributed by atoms with Gasteiger partial charge < -0.3 is 20.5 Å². The largest absolute Gasteiger partial charge is 0.505 e. The number of oxime groups is 1. The Morgan fingerprint density at radius 2 is 2.00 bits per heavy atom. The molecule has 0 saturated heterocycles. The van der Waals surface area contributed by atoms with Gasteiger partial charge in [0.25, 0.3) is 0 Å². The van der Waals surface area contributed by atoms with Gasteiger partial charge >= 0.3 is 0 Å². The number of aliphatic hydroxyl groups excluding tert-OH is 2. The Kier molecular flexibility index (Phi) is 5.61. The lowest BCUT2D eigenvalue weighted by Gasteiger charge is -2.07. The van der Waals surface area contributed by atoms with Gasteiger partial charge in [0.15, 0.2) is 0 Å². The molecule has 1 aromatic rings. The van der Waals surface area contributed by atoms with Crippen LogP contribution in [0.3, 0.4) is 0 Å². The van der Waals surface area contributed by atoms with Crippen LogP contribution in [0.15, 0.2) is 11.4 Å². The monoisotopic (exact) mass is 234 g/mol. The van der Waals surface area contributed by atoms with Crippen LogP contribution in [-0.2, 0) is 13.2 Å². The van der Waals surface area contributed by atoms with Gasteiger partial charge in [-0.1, -0.05) is 5.16 Å². The SMILES string of the molecule is Cl.OCc1cnc(C=NO)c(O)c1CO. The molecule has 1 rings (SSSR count). The van der Waals surface area contributed by atoms with Crippen LogP contribution in [0.1, 0.15) is 16.8 Å². The number of aliphatic hydroxyl groups is 2. The van der Waals surface area contributed by atoms with Crippen LogP contribution in [0.4, 0.5) is 0 Å². The lowest BCUT2D eigenvalue weighted by atomic mass is 10.1. The summed E-state index contributed by atoms with van der Waals surface area (Å²) in [5.41, 5.74) is 0.547. The van der Waals surface area contributed by atoms with Crippen LogP contribution in [0.5, 0.6) is 5.75 Å². The second kappa shape index (κ2) is 6.18. The van der Waals surface area contributed by atoms with Crippen molar-refractivity contribution in [2.45, 2.75) is 13.2 Å². The smallest absolute Gasteiger partial charge is 0.148 e. The Labute approximate surface area is 91.9 Å². The van der Waals surface area contributed by atoms with Gasteiger partial charge in [-0.2, -0.15) is 0 Å². The van der Waals surface area contributed by atoms with Crippen molar-refractivity contribution < 1.29 is 20.5 Å². The average molecular weight is 235 g/mol. The van der Waals surface area contributed by atoms with Gasteiger partial charge in [0.2, 0.25) is 0 Å². The topological polar surface area (TPSA) is 106 Å². The van der Waals surface area contributed by atoms with Crippen LogP contribution >= 0.6 is 12.4 Å². The molecule has 0 bridgehead atoms. The van der Waals surface area contributed by atoms with E-state index in [1.165, 1.54) is 6.20 Å². The Bertz CT molecular complexity index is 357. The van der Waals surface area contributed by atoms with E-state index in [0.29, 0.717) is 5.56 Å². The Balaban J connectivity index is 0.00000196. The number of aromatic hydroxyl groups is 1. The quantitative estimate of drug-likeness (QED) is 0.335. The molecule has 1 aromatic heterocycles. The lowest BCUT2D eigenvalue weighted by Crippen LogP contribution is -2.00. The van der Waals surface area contributed by atoms with E-state index in [2.05, 4.69) is 10.1 Å². The summed E-state index contributed by atoms with van der Waals surface area (Å²) in [4.78, 5) is 3.72. The van der Waals surface area contributed by atoms with Crippen LogP contribution in [0.25, 0.3) is 0 Å². The highest BCUT2D eigenvalue weighted by molar-refractivity contribution is 5.85. The fraction of sp³-hybridized carbons (Fsp3) is 0.250. The number of halogens is 1. The van der Waals surface area contributed by atoms with E-state index in [0.717, 1.165) is 6.21 Å². The number of hydrogen-bond donors (Lipinski definition) is 4. The highest BCUT2D eigenvalue weighted by Gasteiger charge is 2.11. The van der Waals surface area contributed by atoms with Crippen molar-refractivity contribution in [2.24, 2.45) is 5.16 Å². The number of rotatable bonds is 3. The van der Waals surface area contributed by atoms with Gasteiger partial charge in [-0.25, -0.2) is 0 Å². The van der Waals surface area contributed by atoms with E-state index < -0.39 is 6.61 Å². The molecule has 0 aliphatic heterocycles. The number of nitrogens with zero attached hydrogens (tertiary/aromatic N) is 2. The molecule has 0 amide bonds. The molecule has 4 N–H and O–H groups in total. The molecule has 0 aliphatic rings. The second-order valence-corrected chi connectivity index (χ2v) is 2.56. The molecule has 7 heteroatoms. The van der Waals surface area contributed by atoms with Crippen LogP contribution in [0, 0.1) is 0 Å². The fourth-order valence-corrected chi connectivity index (χ4v) is 1.06.